The van der Waals surface area contributed by atoms with E-state index in [1.807, 2.05) is 19.1 Å². The number of rotatable bonds is 7. The second kappa shape index (κ2) is 12.1. The van der Waals surface area contributed by atoms with Crippen molar-refractivity contribution >= 4 is 11.6 Å². The summed E-state index contributed by atoms with van der Waals surface area (Å²) in [6.07, 6.45) is -0.514. The molecule has 5 nitrogen and oxygen atoms in total. The fraction of sp³-hybridized carbons (Fsp3) is 0.625. The van der Waals surface area contributed by atoms with Gasteiger partial charge in [0.25, 0.3) is 0 Å². The molecule has 0 saturated carbocycles. The first kappa shape index (κ1) is 23.7. The molecule has 1 heterocycles. The molecule has 140 valence electrons. The summed E-state index contributed by atoms with van der Waals surface area (Å²) in [6.45, 7) is 7.46. The summed E-state index contributed by atoms with van der Waals surface area (Å²) < 4.78 is 5.68. The molecule has 1 fully saturated rings. The van der Waals surface area contributed by atoms with Crippen LogP contribution >= 0.6 is 11.6 Å². The van der Waals surface area contributed by atoms with Gasteiger partial charge in [-0.05, 0) is 30.7 Å². The first-order chi connectivity index (χ1) is 10.6. The predicted molar refractivity (Wildman–Crippen MR) is 87.7 cm³/mol. The molecule has 1 aromatic carbocycles. The summed E-state index contributed by atoms with van der Waals surface area (Å²) in [4.78, 5) is 4.47. The van der Waals surface area contributed by atoms with E-state index in [0.29, 0.717) is 11.6 Å². The number of aliphatic hydroxyl groups excluding tert-OH is 2. The Balaban J connectivity index is 0.00000264. The van der Waals surface area contributed by atoms with Gasteiger partial charge in [-0.15, -0.1) is 0 Å². The van der Waals surface area contributed by atoms with Crippen LogP contribution in [0.1, 0.15) is 5.56 Å². The molecule has 1 aliphatic rings. The summed E-state index contributed by atoms with van der Waals surface area (Å²) >= 11 is 5.91. The van der Waals surface area contributed by atoms with Crippen LogP contribution < -0.4 is 29.6 Å². The Kier molecular flexibility index (Phi) is 12.0. The first-order valence-corrected chi connectivity index (χ1v) is 8.09. The van der Waals surface area contributed by atoms with Gasteiger partial charge < -0.3 is 39.8 Å². The van der Waals surface area contributed by atoms with Crippen molar-refractivity contribution in [3.63, 3.8) is 0 Å². The number of ether oxygens (including phenoxy) is 1. The zero-order valence-electron chi connectivity index (χ0n) is 13.8. The van der Waals surface area contributed by atoms with Crippen LogP contribution in [-0.4, -0.2) is 78.6 Å². The van der Waals surface area contributed by atoms with Crippen LogP contribution in [0.25, 0.3) is 0 Å². The standard InChI is InChI=1S/C16H25ClN2O3.2ClH/c1-13-10-14(17)2-3-16(13)22-12-15(21)11-19-6-4-18(5-7-19)8-9-20;;/h2-3,10,15,20-21H,4-9,11-12H2,1H3;2*1H/p-2. The third kappa shape index (κ3) is 7.74. The SMILES string of the molecule is Cc1cc(Cl)ccc1OCC(O)CN1CCN(CCO)CC1.[Cl-].[Cl-]. The van der Waals surface area contributed by atoms with Gasteiger partial charge in [0.2, 0.25) is 0 Å². The molecular formula is C16H25Cl3N2O3-2. The van der Waals surface area contributed by atoms with Crippen LogP contribution in [0.2, 0.25) is 5.02 Å². The molecule has 1 aromatic rings. The number of aliphatic hydroxyl groups is 2. The second-order valence-electron chi connectivity index (χ2n) is 5.74. The maximum Gasteiger partial charge on any atom is 0.122 e. The van der Waals surface area contributed by atoms with Gasteiger partial charge in [-0.2, -0.15) is 0 Å². The van der Waals surface area contributed by atoms with E-state index in [1.54, 1.807) is 6.07 Å². The summed E-state index contributed by atoms with van der Waals surface area (Å²) in [5.41, 5.74) is 0.970. The Morgan fingerprint density at radius 1 is 1.17 bits per heavy atom. The van der Waals surface area contributed by atoms with Crippen molar-refractivity contribution in [3.8, 4) is 5.75 Å². The minimum absolute atomic E-state index is 0. The Hall–Kier alpha value is -0.270. The molecule has 0 amide bonds. The zero-order chi connectivity index (χ0) is 15.9. The Bertz CT molecular complexity index is 472. The number of β-amino-alcohol motifs (C(OH)–C–C–N with tert-alkyl or cyclic N) is 2. The summed E-state index contributed by atoms with van der Waals surface area (Å²) in [6, 6.07) is 5.47. The number of piperazine rings is 1. The van der Waals surface area contributed by atoms with Crippen LogP contribution in [-0.2, 0) is 0 Å². The van der Waals surface area contributed by atoms with Gasteiger partial charge in [0.1, 0.15) is 18.5 Å². The lowest BCUT2D eigenvalue weighted by Gasteiger charge is -2.35. The summed E-state index contributed by atoms with van der Waals surface area (Å²) in [5, 5.41) is 19.7. The highest BCUT2D eigenvalue weighted by molar-refractivity contribution is 6.30. The van der Waals surface area contributed by atoms with Crippen molar-refractivity contribution in [2.75, 3.05) is 52.5 Å². The number of aryl methyl sites for hydroxylation is 1. The van der Waals surface area contributed by atoms with Gasteiger partial charge in [0.05, 0.1) is 6.61 Å². The van der Waals surface area contributed by atoms with Gasteiger partial charge in [-0.3, -0.25) is 9.80 Å². The molecule has 1 aliphatic heterocycles. The molecule has 0 aliphatic carbocycles. The average Bonchev–Trinajstić information content (AvgIpc) is 2.49. The third-order valence-corrected chi connectivity index (χ3v) is 4.15. The smallest absolute Gasteiger partial charge is 0.122 e. The van der Waals surface area contributed by atoms with E-state index in [4.69, 9.17) is 21.4 Å². The zero-order valence-corrected chi connectivity index (χ0v) is 16.1. The number of hydrogen-bond acceptors (Lipinski definition) is 5. The lowest BCUT2D eigenvalue weighted by atomic mass is 10.2. The molecule has 24 heavy (non-hydrogen) atoms. The summed E-state index contributed by atoms with van der Waals surface area (Å²) in [7, 11) is 0. The van der Waals surface area contributed by atoms with E-state index in [1.165, 1.54) is 0 Å². The number of hydrogen-bond donors (Lipinski definition) is 2. The summed E-state index contributed by atoms with van der Waals surface area (Å²) in [5.74, 6) is 0.760. The lowest BCUT2D eigenvalue weighted by molar-refractivity contribution is -0.00100. The number of nitrogens with zero attached hydrogens (tertiary/aromatic N) is 2. The third-order valence-electron chi connectivity index (χ3n) is 3.92. The maximum absolute atomic E-state index is 10.1. The van der Waals surface area contributed by atoms with E-state index in [-0.39, 0.29) is 38.0 Å². The van der Waals surface area contributed by atoms with Crippen molar-refractivity contribution in [1.29, 1.82) is 0 Å². The topological polar surface area (TPSA) is 56.2 Å². The van der Waals surface area contributed by atoms with E-state index in [0.717, 1.165) is 44.0 Å². The van der Waals surface area contributed by atoms with E-state index in [2.05, 4.69) is 9.80 Å². The van der Waals surface area contributed by atoms with Gasteiger partial charge in [0, 0.05) is 44.3 Å². The molecule has 2 rings (SSSR count). The lowest BCUT2D eigenvalue weighted by Crippen LogP contribution is -3.00. The van der Waals surface area contributed by atoms with Crippen LogP contribution in [0.5, 0.6) is 5.75 Å². The van der Waals surface area contributed by atoms with Crippen molar-refractivity contribution in [3.05, 3.63) is 28.8 Å². The van der Waals surface area contributed by atoms with E-state index < -0.39 is 6.10 Å². The molecule has 1 unspecified atom stereocenters. The maximum atomic E-state index is 10.1. The largest absolute Gasteiger partial charge is 1.00 e. The van der Waals surface area contributed by atoms with Gasteiger partial charge >= 0.3 is 0 Å². The highest BCUT2D eigenvalue weighted by atomic mass is 35.5. The monoisotopic (exact) mass is 398 g/mol. The molecule has 0 bridgehead atoms. The normalized spacial score (nSPS) is 16.8. The van der Waals surface area contributed by atoms with Crippen molar-refractivity contribution in [1.82, 2.24) is 9.80 Å². The highest BCUT2D eigenvalue weighted by Gasteiger charge is 2.19. The quantitative estimate of drug-likeness (QED) is 0.481. The minimum Gasteiger partial charge on any atom is -1.00 e. The predicted octanol–water partition coefficient (Wildman–Crippen LogP) is -4.99. The fourth-order valence-electron chi connectivity index (χ4n) is 2.65. The number of halogens is 3. The molecule has 1 saturated heterocycles. The highest BCUT2D eigenvalue weighted by Crippen LogP contribution is 2.21. The molecule has 1 atom stereocenters. The van der Waals surface area contributed by atoms with Gasteiger partial charge in [-0.25, -0.2) is 0 Å². The number of benzene rings is 1. The van der Waals surface area contributed by atoms with E-state index >= 15 is 0 Å². The molecular weight excluding hydrogens is 375 g/mol. The van der Waals surface area contributed by atoms with Crippen molar-refractivity contribution in [2.24, 2.45) is 0 Å². The van der Waals surface area contributed by atoms with Crippen molar-refractivity contribution < 1.29 is 39.8 Å². The Morgan fingerprint density at radius 2 is 1.79 bits per heavy atom. The molecule has 0 spiro atoms. The van der Waals surface area contributed by atoms with Crippen LogP contribution in [0.3, 0.4) is 0 Å². The fourth-order valence-corrected chi connectivity index (χ4v) is 2.88. The molecule has 2 N–H and O–H groups in total. The van der Waals surface area contributed by atoms with Gasteiger partial charge in [0.15, 0.2) is 0 Å². The first-order valence-electron chi connectivity index (χ1n) is 7.71. The van der Waals surface area contributed by atoms with Gasteiger partial charge in [-0.1, -0.05) is 11.6 Å². The molecule has 0 aromatic heterocycles. The molecule has 0 radical (unpaired) electrons. The average molecular weight is 400 g/mol. The van der Waals surface area contributed by atoms with Crippen molar-refractivity contribution in [2.45, 2.75) is 13.0 Å². The molecule has 8 heteroatoms. The minimum atomic E-state index is -0.514. The van der Waals surface area contributed by atoms with Crippen LogP contribution in [0.15, 0.2) is 18.2 Å². The van der Waals surface area contributed by atoms with Crippen LogP contribution in [0.4, 0.5) is 0 Å². The van der Waals surface area contributed by atoms with Crippen LogP contribution in [0, 0.1) is 6.92 Å². The Labute approximate surface area is 161 Å². The van der Waals surface area contributed by atoms with E-state index in [9.17, 15) is 5.11 Å². The second-order valence-corrected chi connectivity index (χ2v) is 6.18. The Morgan fingerprint density at radius 3 is 2.38 bits per heavy atom.